The highest BCUT2D eigenvalue weighted by Gasteiger charge is 2.10. The second kappa shape index (κ2) is 5.85. The first-order valence-electron chi connectivity index (χ1n) is 6.07. The van der Waals surface area contributed by atoms with Crippen LogP contribution >= 0.6 is 0 Å². The molecule has 0 bridgehead atoms. The molecule has 2 rings (SSSR count). The van der Waals surface area contributed by atoms with Gasteiger partial charge in [-0.05, 0) is 30.7 Å². The molecule has 5 heteroatoms. The molecule has 0 saturated heterocycles. The van der Waals surface area contributed by atoms with E-state index < -0.39 is 0 Å². The van der Waals surface area contributed by atoms with Crippen molar-refractivity contribution < 1.29 is 9.59 Å². The minimum Gasteiger partial charge on any atom is -0.356 e. The number of rotatable bonds is 4. The number of amides is 1. The van der Waals surface area contributed by atoms with Crippen molar-refractivity contribution in [3.05, 3.63) is 58.9 Å². The van der Waals surface area contributed by atoms with Crippen LogP contribution in [-0.2, 0) is 6.54 Å². The van der Waals surface area contributed by atoms with Crippen LogP contribution in [0.1, 0.15) is 38.9 Å². The minimum absolute atomic E-state index is 0.0954. The summed E-state index contributed by atoms with van der Waals surface area (Å²) >= 11 is 0. The Morgan fingerprint density at radius 3 is 2.80 bits per heavy atom. The van der Waals surface area contributed by atoms with Crippen LogP contribution < -0.4 is 5.32 Å². The Morgan fingerprint density at radius 2 is 2.15 bits per heavy atom. The molecule has 0 radical (unpaired) electrons. The fourth-order valence-corrected chi connectivity index (χ4v) is 1.76. The predicted molar refractivity (Wildman–Crippen MR) is 73.1 cm³/mol. The first kappa shape index (κ1) is 13.6. The van der Waals surface area contributed by atoms with E-state index in [4.69, 9.17) is 5.26 Å². The summed E-state index contributed by atoms with van der Waals surface area (Å²) in [6.45, 7) is 1.76. The number of hydrogen-bond donors (Lipinski definition) is 2. The van der Waals surface area contributed by atoms with Gasteiger partial charge in [-0.25, -0.2) is 0 Å². The fraction of sp³-hybridized carbons (Fsp3) is 0.133. The van der Waals surface area contributed by atoms with E-state index in [0.29, 0.717) is 23.4 Å². The molecule has 100 valence electrons. The summed E-state index contributed by atoms with van der Waals surface area (Å²) in [5.74, 6) is -0.387. The third-order valence-electron chi connectivity index (χ3n) is 2.84. The lowest BCUT2D eigenvalue weighted by molar-refractivity contribution is 0.0946. The summed E-state index contributed by atoms with van der Waals surface area (Å²) in [6.07, 6.45) is 1.51. The first-order chi connectivity index (χ1) is 9.60. The molecule has 1 heterocycles. The van der Waals surface area contributed by atoms with Crippen LogP contribution in [0.5, 0.6) is 0 Å². The lowest BCUT2D eigenvalue weighted by atomic mass is 10.1. The second-order valence-electron chi connectivity index (χ2n) is 4.35. The van der Waals surface area contributed by atoms with E-state index in [1.54, 1.807) is 18.2 Å². The van der Waals surface area contributed by atoms with E-state index in [1.165, 1.54) is 19.2 Å². The molecular formula is C15H13N3O2. The molecule has 0 aliphatic carbocycles. The average molecular weight is 267 g/mol. The number of aromatic amines is 1. The Hall–Kier alpha value is -2.87. The zero-order valence-corrected chi connectivity index (χ0v) is 10.9. The van der Waals surface area contributed by atoms with E-state index in [2.05, 4.69) is 10.3 Å². The number of nitrogens with zero attached hydrogens (tertiary/aromatic N) is 1. The van der Waals surface area contributed by atoms with Gasteiger partial charge in [0.25, 0.3) is 5.91 Å². The molecule has 5 nitrogen and oxygen atoms in total. The number of hydrogen-bond acceptors (Lipinski definition) is 3. The van der Waals surface area contributed by atoms with Crippen LogP contribution in [0.3, 0.4) is 0 Å². The van der Waals surface area contributed by atoms with Crippen LogP contribution in [0.15, 0.2) is 36.5 Å². The Bertz CT molecular complexity index is 695. The normalized spacial score (nSPS) is 9.80. The highest BCUT2D eigenvalue weighted by molar-refractivity contribution is 5.99. The van der Waals surface area contributed by atoms with Gasteiger partial charge in [-0.3, -0.25) is 9.59 Å². The van der Waals surface area contributed by atoms with E-state index in [-0.39, 0.29) is 11.7 Å². The highest BCUT2D eigenvalue weighted by Crippen LogP contribution is 2.06. The third kappa shape index (κ3) is 3.12. The number of ketones is 1. The van der Waals surface area contributed by atoms with Crippen LogP contribution in [0.25, 0.3) is 0 Å². The Balaban J connectivity index is 2.01. The molecule has 0 fully saturated rings. The summed E-state index contributed by atoms with van der Waals surface area (Å²) in [4.78, 5) is 25.8. The van der Waals surface area contributed by atoms with Crippen molar-refractivity contribution >= 4 is 11.7 Å². The molecule has 20 heavy (non-hydrogen) atoms. The number of nitriles is 1. The molecule has 1 aromatic carbocycles. The van der Waals surface area contributed by atoms with Gasteiger partial charge in [0.15, 0.2) is 5.78 Å². The topological polar surface area (TPSA) is 85.8 Å². The highest BCUT2D eigenvalue weighted by atomic mass is 16.2. The molecule has 0 spiro atoms. The zero-order chi connectivity index (χ0) is 14.5. The number of carbonyl (C=O) groups excluding carboxylic acids is 2. The Morgan fingerprint density at radius 1 is 1.35 bits per heavy atom. The van der Waals surface area contributed by atoms with Crippen LogP contribution in [0, 0.1) is 11.3 Å². The standard InChI is InChI=1S/C15H13N3O2/c1-10(19)13-6-14(17-9-13)15(20)18-8-12-4-2-3-11(5-12)7-16/h2-6,9,17H,8H2,1H3,(H,18,20). The Labute approximate surface area is 116 Å². The van der Waals surface area contributed by atoms with Crippen molar-refractivity contribution in [2.75, 3.05) is 0 Å². The van der Waals surface area contributed by atoms with Crippen molar-refractivity contribution in [3.8, 4) is 6.07 Å². The molecule has 0 saturated carbocycles. The zero-order valence-electron chi connectivity index (χ0n) is 10.9. The van der Waals surface area contributed by atoms with Gasteiger partial charge in [-0.1, -0.05) is 12.1 Å². The Kier molecular flexibility index (Phi) is 3.96. The van der Waals surface area contributed by atoms with E-state index >= 15 is 0 Å². The van der Waals surface area contributed by atoms with Crippen LogP contribution in [-0.4, -0.2) is 16.7 Å². The van der Waals surface area contributed by atoms with Gasteiger partial charge in [-0.15, -0.1) is 0 Å². The maximum absolute atomic E-state index is 11.9. The molecule has 0 aliphatic heterocycles. The van der Waals surface area contributed by atoms with Crippen molar-refractivity contribution in [3.63, 3.8) is 0 Å². The number of H-pyrrole nitrogens is 1. The smallest absolute Gasteiger partial charge is 0.267 e. The molecule has 0 aliphatic rings. The van der Waals surface area contributed by atoms with Crippen molar-refractivity contribution in [1.82, 2.24) is 10.3 Å². The second-order valence-corrected chi connectivity index (χ2v) is 4.35. The maximum atomic E-state index is 11.9. The monoisotopic (exact) mass is 267 g/mol. The molecule has 2 aromatic rings. The molecule has 1 aromatic heterocycles. The van der Waals surface area contributed by atoms with E-state index in [0.717, 1.165) is 5.56 Å². The van der Waals surface area contributed by atoms with Crippen LogP contribution in [0.4, 0.5) is 0 Å². The van der Waals surface area contributed by atoms with E-state index in [1.807, 2.05) is 12.1 Å². The number of aromatic nitrogens is 1. The van der Waals surface area contributed by atoms with Crippen molar-refractivity contribution in [2.45, 2.75) is 13.5 Å². The van der Waals surface area contributed by atoms with E-state index in [9.17, 15) is 9.59 Å². The fourth-order valence-electron chi connectivity index (χ4n) is 1.76. The number of carbonyl (C=O) groups is 2. The summed E-state index contributed by atoms with van der Waals surface area (Å²) in [5.41, 5.74) is 2.21. The van der Waals surface area contributed by atoms with Gasteiger partial charge in [0, 0.05) is 18.3 Å². The summed E-state index contributed by atoms with van der Waals surface area (Å²) in [6, 6.07) is 10.6. The molecule has 0 unspecified atom stereocenters. The van der Waals surface area contributed by atoms with Gasteiger partial charge < -0.3 is 10.3 Å². The molecule has 0 atom stereocenters. The summed E-state index contributed by atoms with van der Waals surface area (Å²) in [7, 11) is 0. The third-order valence-corrected chi connectivity index (χ3v) is 2.84. The summed E-state index contributed by atoms with van der Waals surface area (Å²) < 4.78 is 0. The lowest BCUT2D eigenvalue weighted by Crippen LogP contribution is -2.23. The van der Waals surface area contributed by atoms with Gasteiger partial charge in [-0.2, -0.15) is 5.26 Å². The van der Waals surface area contributed by atoms with Gasteiger partial charge in [0.2, 0.25) is 0 Å². The summed E-state index contributed by atoms with van der Waals surface area (Å²) in [5, 5.41) is 11.5. The molecule has 1 amide bonds. The first-order valence-corrected chi connectivity index (χ1v) is 6.07. The maximum Gasteiger partial charge on any atom is 0.267 e. The quantitative estimate of drug-likeness (QED) is 0.831. The largest absolute Gasteiger partial charge is 0.356 e. The van der Waals surface area contributed by atoms with Crippen LogP contribution in [0.2, 0.25) is 0 Å². The number of nitrogens with one attached hydrogen (secondary N) is 2. The predicted octanol–water partition coefficient (Wildman–Crippen LogP) is 2.02. The number of Topliss-reactive ketones (excluding diaryl/α,β-unsaturated/α-hetero) is 1. The van der Waals surface area contributed by atoms with Gasteiger partial charge in [0.05, 0.1) is 11.6 Å². The molecular weight excluding hydrogens is 254 g/mol. The number of benzene rings is 1. The minimum atomic E-state index is -0.292. The van der Waals surface area contributed by atoms with Crippen molar-refractivity contribution in [1.29, 1.82) is 5.26 Å². The lowest BCUT2D eigenvalue weighted by Gasteiger charge is -2.04. The van der Waals surface area contributed by atoms with Crippen molar-refractivity contribution in [2.24, 2.45) is 0 Å². The SMILES string of the molecule is CC(=O)c1c[nH]c(C(=O)NCc2cccc(C#N)c2)c1. The van der Waals surface area contributed by atoms with Gasteiger partial charge in [0.1, 0.15) is 5.69 Å². The van der Waals surface area contributed by atoms with Gasteiger partial charge >= 0.3 is 0 Å². The molecule has 2 N–H and O–H groups in total. The average Bonchev–Trinajstić information content (AvgIpc) is 2.95.